The van der Waals surface area contributed by atoms with Gasteiger partial charge in [-0.25, -0.2) is 0 Å². The molecule has 38 heavy (non-hydrogen) atoms. The van der Waals surface area contributed by atoms with Crippen molar-refractivity contribution in [3.05, 3.63) is 94.8 Å². The summed E-state index contributed by atoms with van der Waals surface area (Å²) in [6.45, 7) is 9.22. The van der Waals surface area contributed by atoms with Crippen LogP contribution in [-0.4, -0.2) is 39.9 Å². The first kappa shape index (κ1) is 26.9. The summed E-state index contributed by atoms with van der Waals surface area (Å²) in [5, 5.41) is 11.3. The Kier molecular flexibility index (Phi) is 8.46. The van der Waals surface area contributed by atoms with Crippen LogP contribution < -0.4 is 9.47 Å². The Hall–Kier alpha value is -4.13. The highest BCUT2D eigenvalue weighted by Gasteiger charge is 2.46. The molecule has 1 fully saturated rings. The van der Waals surface area contributed by atoms with Crippen LogP contribution in [0.25, 0.3) is 5.76 Å². The van der Waals surface area contributed by atoms with Gasteiger partial charge >= 0.3 is 0 Å². The minimum atomic E-state index is -0.819. The van der Waals surface area contributed by atoms with Crippen LogP contribution in [0.2, 0.25) is 0 Å². The second-order valence-electron chi connectivity index (χ2n) is 9.82. The van der Waals surface area contributed by atoms with Crippen molar-refractivity contribution in [1.29, 1.82) is 0 Å². The highest BCUT2D eigenvalue weighted by Crippen LogP contribution is 2.42. The van der Waals surface area contributed by atoms with Crippen molar-refractivity contribution in [3.8, 4) is 11.5 Å². The van der Waals surface area contributed by atoms with Crippen LogP contribution in [0.3, 0.4) is 0 Å². The van der Waals surface area contributed by atoms with Gasteiger partial charge in [-0.3, -0.25) is 14.6 Å². The number of nitrogens with zero attached hydrogens (tertiary/aromatic N) is 2. The van der Waals surface area contributed by atoms with Crippen LogP contribution in [0, 0.1) is 12.8 Å². The molecule has 1 atom stereocenters. The number of rotatable bonds is 10. The minimum absolute atomic E-state index is 0.0404. The quantitative estimate of drug-likeness (QED) is 0.208. The van der Waals surface area contributed by atoms with Gasteiger partial charge in [-0.1, -0.05) is 55.8 Å². The molecule has 0 bridgehead atoms. The zero-order valence-corrected chi connectivity index (χ0v) is 22.3. The van der Waals surface area contributed by atoms with E-state index in [4.69, 9.17) is 9.47 Å². The van der Waals surface area contributed by atoms with Crippen molar-refractivity contribution in [2.24, 2.45) is 5.92 Å². The Labute approximate surface area is 223 Å². The summed E-state index contributed by atoms with van der Waals surface area (Å²) >= 11 is 0. The van der Waals surface area contributed by atoms with Gasteiger partial charge in [0.2, 0.25) is 0 Å². The first-order chi connectivity index (χ1) is 18.3. The molecule has 0 radical (unpaired) electrons. The fraction of sp³-hybridized carbons (Fsp3) is 0.323. The average Bonchev–Trinajstić information content (AvgIpc) is 3.15. The average molecular weight is 515 g/mol. The summed E-state index contributed by atoms with van der Waals surface area (Å²) in [7, 11) is 0. The molecule has 3 aromatic rings. The maximum atomic E-state index is 13.4. The van der Waals surface area contributed by atoms with Crippen LogP contribution in [0.5, 0.6) is 11.5 Å². The Morgan fingerprint density at radius 3 is 2.47 bits per heavy atom. The fourth-order valence-electron chi connectivity index (χ4n) is 4.43. The van der Waals surface area contributed by atoms with Crippen molar-refractivity contribution < 1.29 is 24.2 Å². The third-order valence-electron chi connectivity index (χ3n) is 6.48. The summed E-state index contributed by atoms with van der Waals surface area (Å²) in [5.41, 5.74) is 2.94. The van der Waals surface area contributed by atoms with E-state index in [1.165, 1.54) is 4.90 Å². The van der Waals surface area contributed by atoms with Crippen LogP contribution in [-0.2, 0) is 16.1 Å². The first-order valence-corrected chi connectivity index (χ1v) is 12.9. The van der Waals surface area contributed by atoms with Crippen molar-refractivity contribution in [3.63, 3.8) is 0 Å². The summed E-state index contributed by atoms with van der Waals surface area (Å²) in [4.78, 5) is 32.3. The van der Waals surface area contributed by atoms with E-state index in [-0.39, 0.29) is 17.9 Å². The summed E-state index contributed by atoms with van der Waals surface area (Å²) < 4.78 is 11.9. The number of carbonyl (C=O) groups excluding carboxylic acids is 2. The molecule has 1 N–H and O–H groups in total. The fourth-order valence-corrected chi connectivity index (χ4v) is 4.43. The molecule has 1 aromatic heterocycles. The first-order valence-electron chi connectivity index (χ1n) is 12.9. The number of benzene rings is 2. The van der Waals surface area contributed by atoms with Gasteiger partial charge in [0.05, 0.1) is 24.8 Å². The molecule has 0 spiro atoms. The van der Waals surface area contributed by atoms with Gasteiger partial charge in [-0.2, -0.15) is 0 Å². The number of hydrogen-bond donors (Lipinski definition) is 1. The second kappa shape index (κ2) is 11.9. The Morgan fingerprint density at radius 2 is 1.82 bits per heavy atom. The van der Waals surface area contributed by atoms with Crippen LogP contribution in [0.4, 0.5) is 0 Å². The lowest BCUT2D eigenvalue weighted by atomic mass is 9.94. The lowest BCUT2D eigenvalue weighted by molar-refractivity contribution is -0.140. The predicted molar refractivity (Wildman–Crippen MR) is 146 cm³/mol. The molecule has 4 rings (SSSR count). The summed E-state index contributed by atoms with van der Waals surface area (Å²) in [6, 6.07) is 15.4. The number of pyridine rings is 1. The third kappa shape index (κ3) is 5.88. The Balaban J connectivity index is 1.81. The zero-order valence-electron chi connectivity index (χ0n) is 22.3. The van der Waals surface area contributed by atoms with E-state index in [1.54, 1.807) is 42.7 Å². The maximum absolute atomic E-state index is 13.4. The van der Waals surface area contributed by atoms with Crippen LogP contribution >= 0.6 is 0 Å². The monoisotopic (exact) mass is 514 g/mol. The number of ether oxygens (including phenoxy) is 2. The van der Waals surface area contributed by atoms with Crippen molar-refractivity contribution in [2.75, 3.05) is 13.2 Å². The minimum Gasteiger partial charge on any atom is -0.507 e. The van der Waals surface area contributed by atoms with Crippen molar-refractivity contribution in [1.82, 2.24) is 9.88 Å². The van der Waals surface area contributed by atoms with E-state index < -0.39 is 17.7 Å². The number of carbonyl (C=O) groups is 2. The standard InChI is InChI=1S/C31H34N2O5/c1-5-37-26-17-24(12-13-25(26)38-16-14-20(2)3)28-27(29(34)23-10-8-21(4)9-11-23)30(35)31(36)33(28)19-22-7-6-15-32-18-22/h6-13,15,17-18,20,28,34H,5,14,16,19H2,1-4H3. The van der Waals surface area contributed by atoms with Gasteiger partial charge in [0.15, 0.2) is 11.5 Å². The van der Waals surface area contributed by atoms with E-state index in [1.807, 2.05) is 38.1 Å². The molecule has 0 aliphatic carbocycles. The van der Waals surface area contributed by atoms with Gasteiger partial charge in [0.25, 0.3) is 11.7 Å². The molecule has 0 saturated carbocycles. The number of aromatic nitrogens is 1. The highest BCUT2D eigenvalue weighted by atomic mass is 16.5. The lowest BCUT2D eigenvalue weighted by Gasteiger charge is -2.26. The van der Waals surface area contributed by atoms with Gasteiger partial charge in [-0.15, -0.1) is 0 Å². The molecule has 1 unspecified atom stereocenters. The molecule has 1 saturated heterocycles. The van der Waals surface area contributed by atoms with Crippen LogP contribution in [0.1, 0.15) is 55.5 Å². The number of aryl methyl sites for hydroxylation is 1. The molecule has 1 aliphatic heterocycles. The molecule has 7 nitrogen and oxygen atoms in total. The van der Waals surface area contributed by atoms with Crippen LogP contribution in [0.15, 0.2) is 72.6 Å². The zero-order chi connectivity index (χ0) is 27.2. The molecule has 2 heterocycles. The Morgan fingerprint density at radius 1 is 1.05 bits per heavy atom. The molecule has 198 valence electrons. The molecular formula is C31H34N2O5. The molecular weight excluding hydrogens is 480 g/mol. The van der Waals surface area contributed by atoms with E-state index in [0.29, 0.717) is 41.8 Å². The number of aliphatic hydroxyl groups excluding tert-OH is 1. The summed E-state index contributed by atoms with van der Waals surface area (Å²) in [6.07, 6.45) is 4.21. The molecule has 1 amide bonds. The third-order valence-corrected chi connectivity index (χ3v) is 6.48. The van der Waals surface area contributed by atoms with Gasteiger partial charge in [0, 0.05) is 24.5 Å². The molecule has 2 aromatic carbocycles. The Bertz CT molecular complexity index is 1320. The van der Waals surface area contributed by atoms with E-state index in [2.05, 4.69) is 18.8 Å². The number of Topliss-reactive ketones (excluding diaryl/α,β-unsaturated/α-hetero) is 1. The van der Waals surface area contributed by atoms with Gasteiger partial charge < -0.3 is 19.5 Å². The number of likely N-dealkylation sites (tertiary alicyclic amines) is 1. The number of ketones is 1. The van der Waals surface area contributed by atoms with Gasteiger partial charge in [-0.05, 0) is 55.5 Å². The van der Waals surface area contributed by atoms with E-state index in [0.717, 1.165) is 17.5 Å². The van der Waals surface area contributed by atoms with Gasteiger partial charge in [0.1, 0.15) is 5.76 Å². The van der Waals surface area contributed by atoms with Crippen molar-refractivity contribution in [2.45, 2.75) is 46.7 Å². The summed E-state index contributed by atoms with van der Waals surface area (Å²) in [5.74, 6) is 0.000962. The lowest BCUT2D eigenvalue weighted by Crippen LogP contribution is -2.29. The second-order valence-corrected chi connectivity index (χ2v) is 9.82. The van der Waals surface area contributed by atoms with E-state index >= 15 is 0 Å². The topological polar surface area (TPSA) is 89.0 Å². The largest absolute Gasteiger partial charge is 0.507 e. The number of aliphatic hydroxyl groups is 1. The number of hydrogen-bond acceptors (Lipinski definition) is 6. The SMILES string of the molecule is CCOc1cc(C2C(=C(O)c3ccc(C)cc3)C(=O)C(=O)N2Cc2cccnc2)ccc1OCCC(C)C. The van der Waals surface area contributed by atoms with Crippen molar-refractivity contribution >= 4 is 17.4 Å². The maximum Gasteiger partial charge on any atom is 0.295 e. The molecule has 1 aliphatic rings. The predicted octanol–water partition coefficient (Wildman–Crippen LogP) is 5.84. The smallest absolute Gasteiger partial charge is 0.295 e. The number of amides is 1. The highest BCUT2D eigenvalue weighted by molar-refractivity contribution is 6.46. The molecule has 7 heteroatoms. The van der Waals surface area contributed by atoms with E-state index in [9.17, 15) is 14.7 Å². The normalized spacial score (nSPS) is 16.8.